The van der Waals surface area contributed by atoms with Crippen LogP contribution in [0.15, 0.2) is 0 Å². The summed E-state index contributed by atoms with van der Waals surface area (Å²) in [4.78, 5) is 0. The predicted molar refractivity (Wildman–Crippen MR) is 50.7 cm³/mol. The second kappa shape index (κ2) is 5.58. The number of aliphatic hydroxyl groups is 1. The van der Waals surface area contributed by atoms with Crippen molar-refractivity contribution in [3.8, 4) is 0 Å². The smallest absolute Gasteiger partial charge is 0.0835 e. The highest BCUT2D eigenvalue weighted by atomic mass is 16.5. The first-order valence-electron chi connectivity index (χ1n) is 5.11. The zero-order valence-corrected chi connectivity index (χ0v) is 8.53. The summed E-state index contributed by atoms with van der Waals surface area (Å²) in [5, 5.41) is 9.43. The Labute approximate surface area is 80.0 Å². The van der Waals surface area contributed by atoms with E-state index in [0.29, 0.717) is 13.2 Å². The Bertz CT molecular complexity index is 136. The van der Waals surface area contributed by atoms with Gasteiger partial charge in [-0.3, -0.25) is 0 Å². The van der Waals surface area contributed by atoms with Crippen molar-refractivity contribution in [3.05, 3.63) is 0 Å². The van der Waals surface area contributed by atoms with Crippen LogP contribution in [-0.4, -0.2) is 36.6 Å². The molecule has 1 aliphatic rings. The SMILES string of the molecule is CC(C)OCCOC1CCCC1O. The predicted octanol–water partition coefficient (Wildman–Crippen LogP) is 1.34. The van der Waals surface area contributed by atoms with E-state index in [9.17, 15) is 5.11 Å². The molecule has 0 radical (unpaired) electrons. The molecule has 0 aromatic heterocycles. The molecule has 3 heteroatoms. The second-order valence-electron chi connectivity index (χ2n) is 3.83. The maximum atomic E-state index is 9.43. The van der Waals surface area contributed by atoms with Gasteiger partial charge in [-0.2, -0.15) is 0 Å². The first-order valence-corrected chi connectivity index (χ1v) is 5.11. The van der Waals surface area contributed by atoms with Gasteiger partial charge in [-0.1, -0.05) is 0 Å². The maximum absolute atomic E-state index is 9.43. The van der Waals surface area contributed by atoms with Crippen LogP contribution < -0.4 is 0 Å². The molecule has 0 bridgehead atoms. The summed E-state index contributed by atoms with van der Waals surface area (Å²) in [7, 11) is 0. The Morgan fingerprint density at radius 3 is 2.62 bits per heavy atom. The molecule has 1 saturated carbocycles. The molecular formula is C10H20O3. The highest BCUT2D eigenvalue weighted by Crippen LogP contribution is 2.21. The van der Waals surface area contributed by atoms with Crippen molar-refractivity contribution in [2.45, 2.75) is 51.4 Å². The molecule has 0 amide bonds. The van der Waals surface area contributed by atoms with Crippen molar-refractivity contribution >= 4 is 0 Å². The van der Waals surface area contributed by atoms with E-state index in [1.165, 1.54) is 0 Å². The zero-order chi connectivity index (χ0) is 9.68. The van der Waals surface area contributed by atoms with Gasteiger partial charge in [0.1, 0.15) is 0 Å². The molecule has 1 aliphatic carbocycles. The molecule has 0 spiro atoms. The van der Waals surface area contributed by atoms with Crippen molar-refractivity contribution in [1.82, 2.24) is 0 Å². The van der Waals surface area contributed by atoms with Gasteiger partial charge in [0.15, 0.2) is 0 Å². The fourth-order valence-electron chi connectivity index (χ4n) is 1.58. The lowest BCUT2D eigenvalue weighted by Gasteiger charge is -2.16. The van der Waals surface area contributed by atoms with E-state index in [2.05, 4.69) is 0 Å². The Balaban J connectivity index is 1.99. The van der Waals surface area contributed by atoms with Gasteiger partial charge in [0, 0.05) is 0 Å². The van der Waals surface area contributed by atoms with Gasteiger partial charge in [0.05, 0.1) is 31.5 Å². The van der Waals surface area contributed by atoms with E-state index in [1.54, 1.807) is 0 Å². The number of rotatable bonds is 5. The third-order valence-electron chi connectivity index (χ3n) is 2.28. The van der Waals surface area contributed by atoms with Crippen LogP contribution in [-0.2, 0) is 9.47 Å². The van der Waals surface area contributed by atoms with Crippen LogP contribution >= 0.6 is 0 Å². The van der Waals surface area contributed by atoms with Gasteiger partial charge >= 0.3 is 0 Å². The van der Waals surface area contributed by atoms with Crippen LogP contribution in [0.4, 0.5) is 0 Å². The van der Waals surface area contributed by atoms with Gasteiger partial charge in [0.2, 0.25) is 0 Å². The summed E-state index contributed by atoms with van der Waals surface area (Å²) >= 11 is 0. The summed E-state index contributed by atoms with van der Waals surface area (Å²) in [6, 6.07) is 0. The van der Waals surface area contributed by atoms with E-state index in [-0.39, 0.29) is 18.3 Å². The zero-order valence-electron chi connectivity index (χ0n) is 8.53. The van der Waals surface area contributed by atoms with Crippen LogP contribution in [0.2, 0.25) is 0 Å². The van der Waals surface area contributed by atoms with Crippen LogP contribution in [0, 0.1) is 0 Å². The second-order valence-corrected chi connectivity index (χ2v) is 3.83. The van der Waals surface area contributed by atoms with Crippen molar-refractivity contribution in [1.29, 1.82) is 0 Å². The summed E-state index contributed by atoms with van der Waals surface area (Å²) in [5.74, 6) is 0. The van der Waals surface area contributed by atoms with E-state index in [0.717, 1.165) is 19.3 Å². The standard InChI is InChI=1S/C10H20O3/c1-8(2)12-6-7-13-10-5-3-4-9(10)11/h8-11H,3-7H2,1-2H3. The molecular weight excluding hydrogens is 168 g/mol. The molecule has 0 saturated heterocycles. The maximum Gasteiger partial charge on any atom is 0.0835 e. The summed E-state index contributed by atoms with van der Waals surface area (Å²) in [6.45, 7) is 5.23. The summed E-state index contributed by atoms with van der Waals surface area (Å²) < 4.78 is 10.8. The van der Waals surface area contributed by atoms with Gasteiger partial charge in [-0.05, 0) is 33.1 Å². The normalized spacial score (nSPS) is 28.6. The summed E-state index contributed by atoms with van der Waals surface area (Å²) in [6.07, 6.45) is 3.02. The van der Waals surface area contributed by atoms with E-state index in [4.69, 9.17) is 9.47 Å². The van der Waals surface area contributed by atoms with Crippen molar-refractivity contribution in [3.63, 3.8) is 0 Å². The molecule has 3 nitrogen and oxygen atoms in total. The van der Waals surface area contributed by atoms with E-state index in [1.807, 2.05) is 13.8 Å². The average Bonchev–Trinajstić information content (AvgIpc) is 2.45. The lowest BCUT2D eigenvalue weighted by Crippen LogP contribution is -2.24. The van der Waals surface area contributed by atoms with Gasteiger partial charge in [-0.15, -0.1) is 0 Å². The fraction of sp³-hybridized carbons (Fsp3) is 1.00. The molecule has 2 atom stereocenters. The first kappa shape index (κ1) is 11.0. The van der Waals surface area contributed by atoms with Gasteiger partial charge in [-0.25, -0.2) is 0 Å². The Kier molecular flexibility index (Phi) is 4.70. The van der Waals surface area contributed by atoms with Crippen molar-refractivity contribution < 1.29 is 14.6 Å². The molecule has 13 heavy (non-hydrogen) atoms. The van der Waals surface area contributed by atoms with Gasteiger partial charge in [0.25, 0.3) is 0 Å². The van der Waals surface area contributed by atoms with Crippen molar-refractivity contribution in [2.24, 2.45) is 0 Å². The number of hydrogen-bond acceptors (Lipinski definition) is 3. The quantitative estimate of drug-likeness (QED) is 0.662. The number of ether oxygens (including phenoxy) is 2. The highest BCUT2D eigenvalue weighted by Gasteiger charge is 2.25. The topological polar surface area (TPSA) is 38.7 Å². The lowest BCUT2D eigenvalue weighted by atomic mass is 10.3. The molecule has 0 aliphatic heterocycles. The first-order chi connectivity index (χ1) is 6.20. The molecule has 1 N–H and O–H groups in total. The van der Waals surface area contributed by atoms with Crippen molar-refractivity contribution in [2.75, 3.05) is 13.2 Å². The Morgan fingerprint density at radius 2 is 2.08 bits per heavy atom. The van der Waals surface area contributed by atoms with Gasteiger partial charge < -0.3 is 14.6 Å². The van der Waals surface area contributed by atoms with Crippen LogP contribution in [0.5, 0.6) is 0 Å². The van der Waals surface area contributed by atoms with Crippen LogP contribution in [0.3, 0.4) is 0 Å². The fourth-order valence-corrected chi connectivity index (χ4v) is 1.58. The molecule has 1 rings (SSSR count). The molecule has 1 fully saturated rings. The minimum Gasteiger partial charge on any atom is -0.390 e. The third kappa shape index (κ3) is 4.07. The molecule has 0 heterocycles. The number of aliphatic hydroxyl groups excluding tert-OH is 1. The average molecular weight is 188 g/mol. The number of hydrogen-bond donors (Lipinski definition) is 1. The summed E-state index contributed by atoms with van der Waals surface area (Å²) in [5.41, 5.74) is 0. The molecule has 78 valence electrons. The third-order valence-corrected chi connectivity index (χ3v) is 2.28. The van der Waals surface area contributed by atoms with E-state index < -0.39 is 0 Å². The molecule has 0 aromatic carbocycles. The molecule has 0 aromatic rings. The minimum atomic E-state index is -0.251. The molecule has 2 unspecified atom stereocenters. The minimum absolute atomic E-state index is 0.0516. The largest absolute Gasteiger partial charge is 0.390 e. The van der Waals surface area contributed by atoms with Crippen LogP contribution in [0.1, 0.15) is 33.1 Å². The Hall–Kier alpha value is -0.120. The highest BCUT2D eigenvalue weighted by molar-refractivity contribution is 4.76. The monoisotopic (exact) mass is 188 g/mol. The Morgan fingerprint density at radius 1 is 1.31 bits per heavy atom. The van der Waals surface area contributed by atoms with E-state index >= 15 is 0 Å². The lowest BCUT2D eigenvalue weighted by molar-refractivity contribution is -0.0492. The van der Waals surface area contributed by atoms with Crippen LogP contribution in [0.25, 0.3) is 0 Å².